The van der Waals surface area contributed by atoms with E-state index in [1.165, 1.54) is 6.92 Å². The van der Waals surface area contributed by atoms with Crippen molar-refractivity contribution in [2.24, 2.45) is 0 Å². The number of aliphatic carboxylic acids is 2. The van der Waals surface area contributed by atoms with Gasteiger partial charge >= 0.3 is 5.97 Å². The average Bonchev–Trinajstić information content (AvgIpc) is 2.29. The lowest BCUT2D eigenvalue weighted by molar-refractivity contribution is -0.432. The molecule has 17 heavy (non-hydrogen) atoms. The first-order valence-electron chi connectivity index (χ1n) is 4.86. The Bertz CT molecular complexity index is 363. The van der Waals surface area contributed by atoms with Crippen LogP contribution in [0.15, 0.2) is 30.3 Å². The van der Waals surface area contributed by atoms with Gasteiger partial charge in [0.1, 0.15) is 6.04 Å². The van der Waals surface area contributed by atoms with Crippen LogP contribution in [-0.2, 0) is 9.59 Å². The van der Waals surface area contributed by atoms with Crippen LogP contribution < -0.4 is 10.8 Å². The summed E-state index contributed by atoms with van der Waals surface area (Å²) in [5, 5.41) is 26.9. The van der Waals surface area contributed by atoms with Crippen LogP contribution in [0, 0.1) is 0 Å². The first kappa shape index (κ1) is 15.1. The lowest BCUT2D eigenvalue weighted by Crippen LogP contribution is -2.66. The lowest BCUT2D eigenvalue weighted by atomic mass is 10.1. The van der Waals surface area contributed by atoms with Gasteiger partial charge in [0.05, 0.1) is 5.97 Å². The number of carbonyl (C=O) groups excluding carboxylic acids is 1. The van der Waals surface area contributed by atoms with E-state index < -0.39 is 24.1 Å². The van der Waals surface area contributed by atoms with Crippen molar-refractivity contribution in [3.05, 3.63) is 35.9 Å². The first-order valence-corrected chi connectivity index (χ1v) is 4.86. The molecule has 0 aliphatic heterocycles. The number of rotatable bonds is 3. The quantitative estimate of drug-likeness (QED) is 0.574. The highest BCUT2D eigenvalue weighted by molar-refractivity contribution is 5.73. The molecule has 0 aromatic heterocycles. The maximum Gasteiger partial charge on any atom is 0.337 e. The van der Waals surface area contributed by atoms with Gasteiger partial charge in [0.15, 0.2) is 6.10 Å². The fraction of sp³-hybridized carbons (Fsp3) is 0.273. The molecule has 0 unspecified atom stereocenters. The van der Waals surface area contributed by atoms with Crippen molar-refractivity contribution in [3.8, 4) is 0 Å². The molecular formula is C11H15NO5. The van der Waals surface area contributed by atoms with Crippen molar-refractivity contribution in [2.75, 3.05) is 0 Å². The molecule has 0 bridgehead atoms. The van der Waals surface area contributed by atoms with Crippen molar-refractivity contribution < 1.29 is 30.6 Å². The zero-order chi connectivity index (χ0) is 13.4. The minimum Gasteiger partial charge on any atom is -0.544 e. The topological polar surface area (TPSA) is 125 Å². The largest absolute Gasteiger partial charge is 0.544 e. The second-order valence-electron chi connectivity index (χ2n) is 3.37. The standard InChI is InChI=1S/C8H8O3.C3H7NO2/c9-7(8(10)11)6-4-2-1-3-5-6;1-2(4)3(5)6/h1-5,7,9H,(H,10,11);2H,4H2,1H3,(H,5,6)/t7-;2-/m00/s1. The summed E-state index contributed by atoms with van der Waals surface area (Å²) in [7, 11) is 0. The molecule has 0 aliphatic carbocycles. The Morgan fingerprint density at radius 2 is 1.71 bits per heavy atom. The van der Waals surface area contributed by atoms with Crippen molar-refractivity contribution in [2.45, 2.75) is 19.1 Å². The van der Waals surface area contributed by atoms with Gasteiger partial charge in [0.25, 0.3) is 0 Å². The summed E-state index contributed by atoms with van der Waals surface area (Å²) in [6.07, 6.45) is -1.41. The molecule has 6 nitrogen and oxygen atoms in total. The van der Waals surface area contributed by atoms with Gasteiger partial charge in [-0.05, 0) is 12.5 Å². The van der Waals surface area contributed by atoms with E-state index in [0.717, 1.165) is 0 Å². The Hall–Kier alpha value is -1.92. The molecular weight excluding hydrogens is 226 g/mol. The minimum atomic E-state index is -1.41. The summed E-state index contributed by atoms with van der Waals surface area (Å²) in [6.45, 7) is 1.47. The third kappa shape index (κ3) is 6.29. The monoisotopic (exact) mass is 241 g/mol. The van der Waals surface area contributed by atoms with Gasteiger partial charge in [-0.3, -0.25) is 0 Å². The van der Waals surface area contributed by atoms with Gasteiger partial charge in [-0.25, -0.2) is 4.79 Å². The Labute approximate surface area is 98.3 Å². The number of carboxylic acids is 2. The Balaban J connectivity index is 0.000000366. The van der Waals surface area contributed by atoms with Crippen LogP contribution in [0.1, 0.15) is 18.6 Å². The molecule has 2 atom stereocenters. The minimum absolute atomic E-state index is 0.403. The van der Waals surface area contributed by atoms with Crippen LogP contribution in [0.2, 0.25) is 0 Å². The molecule has 0 radical (unpaired) electrons. The van der Waals surface area contributed by atoms with Gasteiger partial charge in [0.2, 0.25) is 0 Å². The molecule has 0 fully saturated rings. The molecule has 5 N–H and O–H groups in total. The van der Waals surface area contributed by atoms with Crippen molar-refractivity contribution >= 4 is 11.9 Å². The van der Waals surface area contributed by atoms with E-state index >= 15 is 0 Å². The van der Waals surface area contributed by atoms with Crippen LogP contribution in [0.5, 0.6) is 0 Å². The Morgan fingerprint density at radius 3 is 2.00 bits per heavy atom. The van der Waals surface area contributed by atoms with Crippen molar-refractivity contribution in [1.29, 1.82) is 0 Å². The maximum atomic E-state index is 10.2. The molecule has 0 saturated carbocycles. The Kier molecular flexibility index (Phi) is 6.54. The third-order valence-electron chi connectivity index (χ3n) is 1.75. The predicted molar refractivity (Wildman–Crippen MR) is 56.4 cm³/mol. The van der Waals surface area contributed by atoms with Gasteiger partial charge in [-0.2, -0.15) is 0 Å². The van der Waals surface area contributed by atoms with Crippen molar-refractivity contribution in [1.82, 2.24) is 0 Å². The van der Waals surface area contributed by atoms with Crippen molar-refractivity contribution in [3.63, 3.8) is 0 Å². The number of carboxylic acid groups (broad SMARTS) is 2. The van der Waals surface area contributed by atoms with E-state index in [2.05, 4.69) is 5.73 Å². The zero-order valence-corrected chi connectivity index (χ0v) is 9.37. The number of hydrogen-bond acceptors (Lipinski definition) is 4. The van der Waals surface area contributed by atoms with Crippen LogP contribution in [-0.4, -0.2) is 28.2 Å². The molecule has 6 heteroatoms. The normalized spacial score (nSPS) is 12.9. The average molecular weight is 241 g/mol. The smallest absolute Gasteiger partial charge is 0.337 e. The van der Waals surface area contributed by atoms with E-state index in [9.17, 15) is 14.7 Å². The van der Waals surface area contributed by atoms with Gasteiger partial charge < -0.3 is 25.8 Å². The predicted octanol–water partition coefficient (Wildman–Crippen LogP) is -1.83. The van der Waals surface area contributed by atoms with Gasteiger partial charge in [0, 0.05) is 0 Å². The van der Waals surface area contributed by atoms with E-state index in [0.29, 0.717) is 5.56 Å². The third-order valence-corrected chi connectivity index (χ3v) is 1.75. The summed E-state index contributed by atoms with van der Waals surface area (Å²) in [5.41, 5.74) is 3.58. The second kappa shape index (κ2) is 7.37. The SMILES string of the molecule is C[C@H]([NH3+])C(=O)[O-].O=C(O)[C@@H](O)c1ccccc1. The number of benzene rings is 1. The van der Waals surface area contributed by atoms with E-state index in [1.54, 1.807) is 30.3 Å². The molecule has 0 heterocycles. The van der Waals surface area contributed by atoms with Crippen LogP contribution in [0.3, 0.4) is 0 Å². The fourth-order valence-electron chi connectivity index (χ4n) is 0.778. The summed E-state index contributed by atoms with van der Waals surface area (Å²) >= 11 is 0. The molecule has 1 aromatic carbocycles. The van der Waals surface area contributed by atoms with Gasteiger partial charge in [-0.15, -0.1) is 0 Å². The summed E-state index contributed by atoms with van der Waals surface area (Å²) < 4.78 is 0. The maximum absolute atomic E-state index is 10.2. The summed E-state index contributed by atoms with van der Waals surface area (Å²) in [4.78, 5) is 19.8. The zero-order valence-electron chi connectivity index (χ0n) is 9.37. The number of aliphatic hydroxyl groups excluding tert-OH is 1. The summed E-state index contributed by atoms with van der Waals surface area (Å²) in [5.74, 6) is -2.33. The highest BCUT2D eigenvalue weighted by Gasteiger charge is 2.14. The molecule has 0 aliphatic rings. The second-order valence-corrected chi connectivity index (χ2v) is 3.37. The number of hydrogen-bond donors (Lipinski definition) is 3. The Morgan fingerprint density at radius 1 is 1.29 bits per heavy atom. The number of quaternary nitrogens is 1. The summed E-state index contributed by atoms with van der Waals surface area (Å²) in [6, 6.07) is 7.67. The highest BCUT2D eigenvalue weighted by atomic mass is 16.4. The van der Waals surface area contributed by atoms with Gasteiger partial charge in [-0.1, -0.05) is 30.3 Å². The molecule has 94 valence electrons. The number of aliphatic hydroxyl groups is 1. The fourth-order valence-corrected chi connectivity index (χ4v) is 0.778. The van der Waals surface area contributed by atoms with Crippen LogP contribution in [0.25, 0.3) is 0 Å². The molecule has 0 saturated heterocycles. The lowest BCUT2D eigenvalue weighted by Gasteiger charge is -2.03. The highest BCUT2D eigenvalue weighted by Crippen LogP contribution is 2.10. The first-order chi connectivity index (χ1) is 7.86. The molecule has 1 aromatic rings. The van der Waals surface area contributed by atoms with E-state index in [4.69, 9.17) is 10.2 Å². The molecule has 0 spiro atoms. The number of carbonyl (C=O) groups is 2. The van der Waals surface area contributed by atoms with E-state index in [-0.39, 0.29) is 0 Å². The van der Waals surface area contributed by atoms with E-state index in [1.807, 2.05) is 0 Å². The molecule has 0 amide bonds. The van der Waals surface area contributed by atoms with Crippen LogP contribution >= 0.6 is 0 Å². The molecule has 1 rings (SSSR count). The van der Waals surface area contributed by atoms with Crippen LogP contribution in [0.4, 0.5) is 0 Å².